The predicted octanol–water partition coefficient (Wildman–Crippen LogP) is 2.71. The monoisotopic (exact) mass is 356 g/mol. The van der Waals surface area contributed by atoms with Crippen molar-refractivity contribution in [2.45, 2.75) is 0 Å². The van der Waals surface area contributed by atoms with Crippen LogP contribution >= 0.6 is 11.3 Å². The van der Waals surface area contributed by atoms with E-state index in [0.29, 0.717) is 38.2 Å². The Bertz CT molecular complexity index is 747. The lowest BCUT2D eigenvalue weighted by atomic mass is 9.82. The molecule has 0 unspecified atom stereocenters. The van der Waals surface area contributed by atoms with Crippen LogP contribution in [0.5, 0.6) is 5.88 Å². The van der Waals surface area contributed by atoms with Crippen molar-refractivity contribution < 1.29 is 14.3 Å². The Morgan fingerprint density at radius 1 is 1.44 bits per heavy atom. The lowest BCUT2D eigenvalue weighted by Crippen LogP contribution is -2.38. The van der Waals surface area contributed by atoms with Crippen LogP contribution in [0.4, 0.5) is 0 Å². The summed E-state index contributed by atoms with van der Waals surface area (Å²) in [6.45, 7) is 3.22. The molecule has 0 aliphatic carbocycles. The highest BCUT2D eigenvalue weighted by Gasteiger charge is 2.52. The molecule has 0 radical (unpaired) electrons. The van der Waals surface area contributed by atoms with Crippen LogP contribution in [-0.2, 0) is 9.53 Å². The molecule has 0 spiro atoms. The molecule has 2 aromatic heterocycles. The van der Waals surface area contributed by atoms with Crippen LogP contribution in [0, 0.1) is 11.3 Å². The number of aromatic nitrogens is 1. The van der Waals surface area contributed by atoms with Crippen molar-refractivity contribution in [2.24, 2.45) is 11.3 Å². The van der Waals surface area contributed by atoms with Gasteiger partial charge in [0.25, 0.3) is 0 Å². The number of pyridine rings is 1. The van der Waals surface area contributed by atoms with Crippen molar-refractivity contribution in [2.75, 3.05) is 32.9 Å². The fourth-order valence-electron chi connectivity index (χ4n) is 3.50. The summed E-state index contributed by atoms with van der Waals surface area (Å²) >= 11 is 1.62. The van der Waals surface area contributed by atoms with E-state index >= 15 is 0 Å². The molecular weight excluding hydrogens is 336 g/mol. The van der Waals surface area contributed by atoms with Gasteiger partial charge in [-0.25, -0.2) is 4.98 Å². The summed E-state index contributed by atoms with van der Waals surface area (Å²) in [7, 11) is 0. The van der Waals surface area contributed by atoms with Crippen LogP contribution < -0.4 is 4.74 Å². The van der Waals surface area contributed by atoms with Crippen molar-refractivity contribution in [3.05, 3.63) is 52.9 Å². The maximum Gasteiger partial charge on any atom is 0.246 e. The van der Waals surface area contributed by atoms with Gasteiger partial charge in [0.2, 0.25) is 11.8 Å². The summed E-state index contributed by atoms with van der Waals surface area (Å²) in [5, 5.41) is 2.01. The fourth-order valence-corrected chi connectivity index (χ4v) is 4.12. The quantitative estimate of drug-likeness (QED) is 0.773. The molecule has 2 fully saturated rings. The number of hydrogen-bond acceptors (Lipinski definition) is 5. The topological polar surface area (TPSA) is 51.7 Å². The van der Waals surface area contributed by atoms with Gasteiger partial charge >= 0.3 is 0 Å². The van der Waals surface area contributed by atoms with Gasteiger partial charge in [-0.3, -0.25) is 4.79 Å². The molecule has 0 N–H and O–H groups in total. The lowest BCUT2D eigenvalue weighted by Gasteiger charge is -2.26. The van der Waals surface area contributed by atoms with Crippen LogP contribution in [0.1, 0.15) is 4.88 Å². The first-order valence-electron chi connectivity index (χ1n) is 8.37. The van der Waals surface area contributed by atoms with E-state index in [1.165, 1.54) is 0 Å². The Kier molecular flexibility index (Phi) is 4.55. The molecule has 5 nitrogen and oxygen atoms in total. The summed E-state index contributed by atoms with van der Waals surface area (Å²) in [5.74, 6) is 0.986. The highest BCUT2D eigenvalue weighted by Crippen LogP contribution is 2.41. The molecule has 2 aromatic rings. The minimum atomic E-state index is -0.135. The first-order valence-corrected chi connectivity index (χ1v) is 9.25. The molecule has 2 saturated heterocycles. The Balaban J connectivity index is 1.41. The summed E-state index contributed by atoms with van der Waals surface area (Å²) < 4.78 is 11.6. The van der Waals surface area contributed by atoms with Crippen LogP contribution in [0.3, 0.4) is 0 Å². The third kappa shape index (κ3) is 3.45. The van der Waals surface area contributed by atoms with Gasteiger partial charge in [-0.1, -0.05) is 12.1 Å². The van der Waals surface area contributed by atoms with E-state index < -0.39 is 0 Å². The molecular formula is C19H20N2O3S. The fraction of sp³-hybridized carbons (Fsp3) is 0.368. The van der Waals surface area contributed by atoms with Gasteiger partial charge in [0.05, 0.1) is 25.2 Å². The van der Waals surface area contributed by atoms with Gasteiger partial charge in [-0.05, 0) is 23.6 Å². The molecule has 0 saturated carbocycles. The van der Waals surface area contributed by atoms with E-state index in [2.05, 4.69) is 4.98 Å². The maximum atomic E-state index is 12.5. The number of nitrogens with zero attached hydrogens (tertiary/aromatic N) is 2. The third-order valence-electron chi connectivity index (χ3n) is 4.91. The van der Waals surface area contributed by atoms with E-state index in [-0.39, 0.29) is 11.3 Å². The second-order valence-corrected chi connectivity index (χ2v) is 7.58. The molecule has 0 bridgehead atoms. The number of ether oxygens (including phenoxy) is 2. The van der Waals surface area contributed by atoms with Crippen LogP contribution in [0.15, 0.2) is 48.0 Å². The zero-order chi connectivity index (χ0) is 17.1. The molecule has 2 aliphatic rings. The SMILES string of the molecule is O=C(/C=C/c1cccs1)N1C[C@@H]2COC[C@]2(COc2ccccn2)C1. The van der Waals surface area contributed by atoms with Crippen molar-refractivity contribution in [1.82, 2.24) is 9.88 Å². The van der Waals surface area contributed by atoms with Gasteiger partial charge < -0.3 is 14.4 Å². The van der Waals surface area contributed by atoms with E-state index in [9.17, 15) is 4.79 Å². The van der Waals surface area contributed by atoms with Gasteiger partial charge in [0.1, 0.15) is 0 Å². The highest BCUT2D eigenvalue weighted by atomic mass is 32.1. The Hall–Kier alpha value is -2.18. The molecule has 0 aromatic carbocycles. The molecule has 4 heterocycles. The number of amides is 1. The Morgan fingerprint density at radius 3 is 3.20 bits per heavy atom. The summed E-state index contributed by atoms with van der Waals surface area (Å²) in [4.78, 5) is 19.7. The number of hydrogen-bond donors (Lipinski definition) is 0. The average molecular weight is 356 g/mol. The van der Waals surface area contributed by atoms with Crippen LogP contribution in [0.2, 0.25) is 0 Å². The second kappa shape index (κ2) is 6.98. The van der Waals surface area contributed by atoms with Crippen molar-refractivity contribution in [3.63, 3.8) is 0 Å². The molecule has 2 atom stereocenters. The first kappa shape index (κ1) is 16.3. The number of carbonyl (C=O) groups excluding carboxylic acids is 1. The lowest BCUT2D eigenvalue weighted by molar-refractivity contribution is -0.125. The highest BCUT2D eigenvalue weighted by molar-refractivity contribution is 7.10. The average Bonchev–Trinajstić information content (AvgIpc) is 3.34. The van der Waals surface area contributed by atoms with Crippen molar-refractivity contribution >= 4 is 23.3 Å². The predicted molar refractivity (Wildman–Crippen MR) is 96.4 cm³/mol. The molecule has 2 aliphatic heterocycles. The number of likely N-dealkylation sites (tertiary alicyclic amines) is 1. The van der Waals surface area contributed by atoms with E-state index in [1.54, 1.807) is 23.6 Å². The van der Waals surface area contributed by atoms with Gasteiger partial charge in [0.15, 0.2) is 0 Å². The zero-order valence-corrected chi connectivity index (χ0v) is 14.7. The van der Waals surface area contributed by atoms with E-state index in [0.717, 1.165) is 11.4 Å². The Labute approximate surface area is 150 Å². The summed E-state index contributed by atoms with van der Waals surface area (Å²) in [6.07, 6.45) is 5.27. The van der Waals surface area contributed by atoms with Gasteiger partial charge in [-0.15, -0.1) is 11.3 Å². The first-order chi connectivity index (χ1) is 12.3. The minimum absolute atomic E-state index is 0.0556. The van der Waals surface area contributed by atoms with Gasteiger partial charge in [-0.2, -0.15) is 0 Å². The normalized spacial score (nSPS) is 25.4. The van der Waals surface area contributed by atoms with Crippen LogP contribution in [-0.4, -0.2) is 48.7 Å². The zero-order valence-electron chi connectivity index (χ0n) is 13.8. The number of fused-ring (bicyclic) bond motifs is 1. The van der Waals surface area contributed by atoms with E-state index in [1.807, 2.05) is 46.7 Å². The minimum Gasteiger partial charge on any atom is -0.477 e. The van der Waals surface area contributed by atoms with Gasteiger partial charge in [0, 0.05) is 42.2 Å². The largest absolute Gasteiger partial charge is 0.477 e. The summed E-state index contributed by atoms with van der Waals surface area (Å²) in [6, 6.07) is 9.60. The number of thiophene rings is 1. The van der Waals surface area contributed by atoms with E-state index in [4.69, 9.17) is 9.47 Å². The number of carbonyl (C=O) groups is 1. The number of rotatable bonds is 5. The van der Waals surface area contributed by atoms with Crippen LogP contribution in [0.25, 0.3) is 6.08 Å². The van der Waals surface area contributed by atoms with Crippen molar-refractivity contribution in [3.8, 4) is 5.88 Å². The molecule has 25 heavy (non-hydrogen) atoms. The molecule has 1 amide bonds. The second-order valence-electron chi connectivity index (χ2n) is 6.60. The third-order valence-corrected chi connectivity index (χ3v) is 5.75. The molecule has 130 valence electrons. The smallest absolute Gasteiger partial charge is 0.246 e. The molecule has 4 rings (SSSR count). The summed E-state index contributed by atoms with van der Waals surface area (Å²) in [5.41, 5.74) is -0.135. The van der Waals surface area contributed by atoms with Crippen molar-refractivity contribution in [1.29, 1.82) is 0 Å². The maximum absolute atomic E-state index is 12.5. The molecule has 6 heteroatoms. The standard InChI is InChI=1S/C19H20N2O3S/c22-18(7-6-16-4-3-9-25-16)21-10-15-11-23-13-19(15,12-21)14-24-17-5-1-2-8-20-17/h1-9,15H,10-14H2/b7-6+/t15-,19+/m1/s1. The Morgan fingerprint density at radius 2 is 2.40 bits per heavy atom.